The van der Waals surface area contributed by atoms with E-state index in [2.05, 4.69) is 26.3 Å². The Hall–Kier alpha value is -4.28. The third kappa shape index (κ3) is 5.45. The van der Waals surface area contributed by atoms with Crippen LogP contribution < -0.4 is 16.0 Å². The SMILES string of the molecule is Cc1c(C(=O)NCc2ccc(NC(=O)NC(C)C)cc2)nnn1-c1cccc([N+](=O)[O-])c1. The standard InChI is InChI=1S/C21H23N7O4/c1-13(2)23-21(30)24-16-9-7-15(8-10-16)12-22-20(29)19-14(3)27(26-25-19)17-5-4-6-18(11-17)28(31)32/h4-11,13H,12H2,1-3H3,(H,22,29)(H2,23,24,30). The lowest BCUT2D eigenvalue weighted by Crippen LogP contribution is -2.34. The molecular formula is C21H23N7O4. The summed E-state index contributed by atoms with van der Waals surface area (Å²) in [6, 6.07) is 12.7. The second kappa shape index (κ2) is 9.69. The van der Waals surface area contributed by atoms with E-state index < -0.39 is 10.8 Å². The summed E-state index contributed by atoms with van der Waals surface area (Å²) in [4.78, 5) is 34.8. The molecule has 32 heavy (non-hydrogen) atoms. The van der Waals surface area contributed by atoms with Crippen molar-refractivity contribution in [2.75, 3.05) is 5.32 Å². The van der Waals surface area contributed by atoms with E-state index in [1.807, 2.05) is 13.8 Å². The van der Waals surface area contributed by atoms with Crippen LogP contribution in [-0.4, -0.2) is 37.9 Å². The summed E-state index contributed by atoms with van der Waals surface area (Å²) in [6.45, 7) is 5.65. The lowest BCUT2D eigenvalue weighted by atomic mass is 10.2. The molecule has 2 aromatic carbocycles. The summed E-state index contributed by atoms with van der Waals surface area (Å²) in [5, 5.41) is 27.1. The smallest absolute Gasteiger partial charge is 0.319 e. The summed E-state index contributed by atoms with van der Waals surface area (Å²) >= 11 is 0. The molecule has 0 aliphatic carbocycles. The van der Waals surface area contributed by atoms with E-state index in [1.54, 1.807) is 43.3 Å². The Morgan fingerprint density at radius 1 is 1.16 bits per heavy atom. The molecule has 0 aliphatic rings. The average Bonchev–Trinajstić information content (AvgIpc) is 3.14. The predicted molar refractivity (Wildman–Crippen MR) is 118 cm³/mol. The Bertz CT molecular complexity index is 1140. The van der Waals surface area contributed by atoms with Crippen molar-refractivity contribution < 1.29 is 14.5 Å². The van der Waals surface area contributed by atoms with Gasteiger partial charge in [0.2, 0.25) is 0 Å². The van der Waals surface area contributed by atoms with Crippen LogP contribution in [0.25, 0.3) is 5.69 Å². The summed E-state index contributed by atoms with van der Waals surface area (Å²) in [5.74, 6) is -0.419. The summed E-state index contributed by atoms with van der Waals surface area (Å²) in [6.07, 6.45) is 0. The maximum Gasteiger partial charge on any atom is 0.319 e. The minimum absolute atomic E-state index is 0.0305. The molecule has 166 valence electrons. The number of aromatic nitrogens is 3. The van der Waals surface area contributed by atoms with Crippen molar-refractivity contribution in [3.05, 3.63) is 75.6 Å². The molecular weight excluding hydrogens is 414 g/mol. The molecule has 0 fully saturated rings. The second-order valence-corrected chi connectivity index (χ2v) is 7.34. The van der Waals surface area contributed by atoms with Crippen LogP contribution in [0.2, 0.25) is 0 Å². The maximum atomic E-state index is 12.6. The van der Waals surface area contributed by atoms with Gasteiger partial charge in [-0.05, 0) is 44.5 Å². The number of hydrogen-bond donors (Lipinski definition) is 3. The van der Waals surface area contributed by atoms with E-state index in [0.29, 0.717) is 17.1 Å². The number of nitrogens with zero attached hydrogens (tertiary/aromatic N) is 4. The van der Waals surface area contributed by atoms with Crippen molar-refractivity contribution in [2.45, 2.75) is 33.4 Å². The van der Waals surface area contributed by atoms with Gasteiger partial charge >= 0.3 is 6.03 Å². The lowest BCUT2D eigenvalue weighted by molar-refractivity contribution is -0.384. The molecule has 0 atom stereocenters. The quantitative estimate of drug-likeness (QED) is 0.383. The van der Waals surface area contributed by atoms with E-state index >= 15 is 0 Å². The molecule has 1 heterocycles. The maximum absolute atomic E-state index is 12.6. The average molecular weight is 437 g/mol. The monoisotopic (exact) mass is 437 g/mol. The van der Waals surface area contributed by atoms with Gasteiger partial charge in [-0.25, -0.2) is 9.48 Å². The van der Waals surface area contributed by atoms with Crippen LogP contribution >= 0.6 is 0 Å². The zero-order valence-electron chi connectivity index (χ0n) is 17.8. The van der Waals surface area contributed by atoms with Crippen molar-refractivity contribution in [3.63, 3.8) is 0 Å². The number of benzene rings is 2. The molecule has 0 radical (unpaired) electrons. The van der Waals surface area contributed by atoms with Crippen molar-refractivity contribution in [2.24, 2.45) is 0 Å². The van der Waals surface area contributed by atoms with Crippen LogP contribution in [0.1, 0.15) is 35.6 Å². The first kappa shape index (κ1) is 22.4. The highest BCUT2D eigenvalue weighted by Crippen LogP contribution is 2.18. The summed E-state index contributed by atoms with van der Waals surface area (Å²) in [7, 11) is 0. The van der Waals surface area contributed by atoms with Crippen LogP contribution in [0.15, 0.2) is 48.5 Å². The van der Waals surface area contributed by atoms with Crippen LogP contribution in [0.4, 0.5) is 16.2 Å². The second-order valence-electron chi connectivity index (χ2n) is 7.34. The molecule has 0 saturated heterocycles. The number of nitrogens with one attached hydrogen (secondary N) is 3. The normalized spacial score (nSPS) is 10.6. The highest BCUT2D eigenvalue weighted by atomic mass is 16.6. The Morgan fingerprint density at radius 3 is 2.53 bits per heavy atom. The minimum Gasteiger partial charge on any atom is -0.347 e. The zero-order chi connectivity index (χ0) is 23.3. The molecule has 3 amide bonds. The van der Waals surface area contributed by atoms with Crippen molar-refractivity contribution in [1.29, 1.82) is 0 Å². The summed E-state index contributed by atoms with van der Waals surface area (Å²) in [5.41, 5.74) is 2.40. The zero-order valence-corrected chi connectivity index (χ0v) is 17.8. The Kier molecular flexibility index (Phi) is 6.78. The van der Waals surface area contributed by atoms with Crippen molar-refractivity contribution in [3.8, 4) is 5.69 Å². The topological polar surface area (TPSA) is 144 Å². The molecule has 3 N–H and O–H groups in total. The number of rotatable bonds is 7. The van der Waals surface area contributed by atoms with E-state index in [4.69, 9.17) is 0 Å². The fourth-order valence-corrected chi connectivity index (χ4v) is 2.92. The van der Waals surface area contributed by atoms with Crippen molar-refractivity contribution in [1.82, 2.24) is 25.6 Å². The van der Waals surface area contributed by atoms with Gasteiger partial charge in [-0.15, -0.1) is 5.10 Å². The molecule has 0 spiro atoms. The van der Waals surface area contributed by atoms with Gasteiger partial charge in [0.25, 0.3) is 11.6 Å². The largest absolute Gasteiger partial charge is 0.347 e. The van der Waals surface area contributed by atoms with E-state index in [0.717, 1.165) is 5.56 Å². The molecule has 0 bridgehead atoms. The lowest BCUT2D eigenvalue weighted by Gasteiger charge is -2.10. The van der Waals surface area contributed by atoms with Gasteiger partial charge < -0.3 is 16.0 Å². The highest BCUT2D eigenvalue weighted by molar-refractivity contribution is 5.93. The fourth-order valence-electron chi connectivity index (χ4n) is 2.92. The van der Waals surface area contributed by atoms with Gasteiger partial charge in [-0.2, -0.15) is 0 Å². The number of nitro groups is 1. The fraction of sp³-hybridized carbons (Fsp3) is 0.238. The summed E-state index contributed by atoms with van der Waals surface area (Å²) < 4.78 is 1.38. The van der Waals surface area contributed by atoms with Crippen LogP contribution in [0.5, 0.6) is 0 Å². The number of carbonyl (C=O) groups excluding carboxylic acids is 2. The van der Waals surface area contributed by atoms with Crippen molar-refractivity contribution >= 4 is 23.3 Å². The Morgan fingerprint density at radius 2 is 1.88 bits per heavy atom. The highest BCUT2D eigenvalue weighted by Gasteiger charge is 2.18. The van der Waals surface area contributed by atoms with Gasteiger partial charge in [0.1, 0.15) is 0 Å². The number of urea groups is 1. The first-order chi connectivity index (χ1) is 15.2. The van der Waals surface area contributed by atoms with Crippen LogP contribution in [0.3, 0.4) is 0 Å². The molecule has 3 rings (SSSR count). The number of non-ortho nitro benzene ring substituents is 1. The third-order valence-electron chi connectivity index (χ3n) is 4.48. The number of carbonyl (C=O) groups is 2. The molecule has 11 heteroatoms. The molecule has 0 aliphatic heterocycles. The Labute approximate surface area is 184 Å². The third-order valence-corrected chi connectivity index (χ3v) is 4.48. The number of nitro benzene ring substituents is 1. The van der Waals surface area contributed by atoms with E-state index in [9.17, 15) is 19.7 Å². The molecule has 0 unspecified atom stereocenters. The molecule has 11 nitrogen and oxygen atoms in total. The van der Waals surface area contributed by atoms with Crippen LogP contribution in [0, 0.1) is 17.0 Å². The Balaban J connectivity index is 1.63. The van der Waals surface area contributed by atoms with Crippen LogP contribution in [-0.2, 0) is 6.54 Å². The van der Waals surface area contributed by atoms with Gasteiger partial charge in [-0.3, -0.25) is 14.9 Å². The van der Waals surface area contributed by atoms with E-state index in [1.165, 1.54) is 16.8 Å². The molecule has 0 saturated carbocycles. The first-order valence-corrected chi connectivity index (χ1v) is 9.86. The van der Waals surface area contributed by atoms with E-state index in [-0.39, 0.29) is 30.0 Å². The number of amides is 3. The molecule has 3 aromatic rings. The van der Waals surface area contributed by atoms with Gasteiger partial charge in [0.15, 0.2) is 5.69 Å². The number of hydrogen-bond acceptors (Lipinski definition) is 6. The first-order valence-electron chi connectivity index (χ1n) is 9.86. The molecule has 1 aromatic heterocycles. The predicted octanol–water partition coefficient (Wildman–Crippen LogP) is 2.94. The van der Waals surface area contributed by atoms with Gasteiger partial charge in [0, 0.05) is 30.4 Å². The van der Waals surface area contributed by atoms with Gasteiger partial charge in [-0.1, -0.05) is 23.4 Å². The number of anilines is 1. The minimum atomic E-state index is -0.499. The van der Waals surface area contributed by atoms with Gasteiger partial charge in [0.05, 0.1) is 16.3 Å².